The highest BCUT2D eigenvalue weighted by atomic mass is 32.2. The number of nitrogens with one attached hydrogen (secondary N) is 1. The highest BCUT2D eigenvalue weighted by Crippen LogP contribution is 2.29. The molecule has 1 aliphatic heterocycles. The summed E-state index contributed by atoms with van der Waals surface area (Å²) in [4.78, 5) is 12.3. The van der Waals surface area contributed by atoms with E-state index in [1.807, 2.05) is 0 Å². The summed E-state index contributed by atoms with van der Waals surface area (Å²) in [6, 6.07) is 13.3. The summed E-state index contributed by atoms with van der Waals surface area (Å²) >= 11 is 1.06. The highest BCUT2D eigenvalue weighted by molar-refractivity contribution is 8.15. The quantitative estimate of drug-likeness (QED) is 0.842. The fraction of sp³-hybridized carbons (Fsp3) is 0.125. The van der Waals surface area contributed by atoms with Gasteiger partial charge in [0.05, 0.1) is 18.6 Å². The van der Waals surface area contributed by atoms with Crippen molar-refractivity contribution < 1.29 is 17.9 Å². The standard InChI is InChI=1S/C16H14N2O4S2/c1-22-12-8-6-11(7-9-12)14(19)10-23-16-17-13-4-2-3-5-15(13)24(20,21)18-16/h2-9H,10H2,1H3,(H,17,18). The number of ether oxygens (including phenoxy) is 1. The number of hydrogen-bond donors (Lipinski definition) is 1. The third-order valence-corrected chi connectivity index (χ3v) is 5.69. The molecule has 6 nitrogen and oxygen atoms in total. The van der Waals surface area contributed by atoms with Crippen molar-refractivity contribution in [3.05, 3.63) is 54.1 Å². The normalized spacial score (nSPS) is 15.0. The Kier molecular flexibility index (Phi) is 4.59. The summed E-state index contributed by atoms with van der Waals surface area (Å²) in [5.41, 5.74) is 0.995. The first-order valence-corrected chi connectivity index (χ1v) is 9.43. The number of sulfonamides is 1. The average molecular weight is 362 g/mol. The molecule has 0 aromatic heterocycles. The maximum Gasteiger partial charge on any atom is 0.286 e. The van der Waals surface area contributed by atoms with E-state index in [1.54, 1.807) is 49.6 Å². The Labute approximate surface area is 144 Å². The molecule has 0 atom stereocenters. The van der Waals surface area contributed by atoms with Gasteiger partial charge in [-0.2, -0.15) is 8.42 Å². The van der Waals surface area contributed by atoms with Gasteiger partial charge in [0, 0.05) is 5.56 Å². The van der Waals surface area contributed by atoms with Crippen molar-refractivity contribution in [2.24, 2.45) is 4.40 Å². The number of methoxy groups -OCH3 is 1. The van der Waals surface area contributed by atoms with Crippen molar-refractivity contribution in [3.8, 4) is 5.75 Å². The zero-order valence-electron chi connectivity index (χ0n) is 12.7. The predicted molar refractivity (Wildman–Crippen MR) is 94.5 cm³/mol. The number of Topliss-reactive ketones (excluding diaryl/α,β-unsaturated/α-hetero) is 1. The van der Waals surface area contributed by atoms with Gasteiger partial charge in [0.25, 0.3) is 10.0 Å². The van der Waals surface area contributed by atoms with E-state index >= 15 is 0 Å². The molecule has 24 heavy (non-hydrogen) atoms. The number of anilines is 1. The Hall–Kier alpha value is -2.32. The lowest BCUT2D eigenvalue weighted by Gasteiger charge is -2.17. The minimum Gasteiger partial charge on any atom is -0.497 e. The fourth-order valence-electron chi connectivity index (χ4n) is 2.15. The molecule has 8 heteroatoms. The molecular weight excluding hydrogens is 348 g/mol. The molecular formula is C16H14N2O4S2. The number of rotatable bonds is 4. The van der Waals surface area contributed by atoms with Gasteiger partial charge >= 0.3 is 0 Å². The summed E-state index contributed by atoms with van der Waals surface area (Å²) < 4.78 is 33.0. The zero-order chi connectivity index (χ0) is 17.2. The Balaban J connectivity index is 1.71. The van der Waals surface area contributed by atoms with Crippen molar-refractivity contribution in [1.82, 2.24) is 0 Å². The zero-order valence-corrected chi connectivity index (χ0v) is 14.4. The van der Waals surface area contributed by atoms with Crippen LogP contribution in [-0.4, -0.2) is 32.2 Å². The minimum atomic E-state index is -3.74. The van der Waals surface area contributed by atoms with Crippen LogP contribution in [0.1, 0.15) is 10.4 Å². The molecule has 2 aromatic carbocycles. The van der Waals surface area contributed by atoms with Crippen molar-refractivity contribution in [1.29, 1.82) is 0 Å². The third-order valence-electron chi connectivity index (χ3n) is 3.36. The van der Waals surface area contributed by atoms with Crippen molar-refractivity contribution >= 4 is 38.4 Å². The number of fused-ring (bicyclic) bond motifs is 1. The molecule has 0 saturated carbocycles. The molecule has 1 aliphatic rings. The number of thioether (sulfide) groups is 1. The number of hydrogen-bond acceptors (Lipinski definition) is 6. The van der Waals surface area contributed by atoms with Crippen molar-refractivity contribution in [2.45, 2.75) is 4.90 Å². The summed E-state index contributed by atoms with van der Waals surface area (Å²) in [5, 5.41) is 3.13. The van der Waals surface area contributed by atoms with Crippen LogP contribution in [0.15, 0.2) is 57.8 Å². The van der Waals surface area contributed by atoms with Gasteiger partial charge in [-0.3, -0.25) is 4.79 Å². The second-order valence-electron chi connectivity index (χ2n) is 4.93. The van der Waals surface area contributed by atoms with E-state index in [9.17, 15) is 13.2 Å². The molecule has 0 bridgehead atoms. The molecule has 3 rings (SSSR count). The summed E-state index contributed by atoms with van der Waals surface area (Å²) in [7, 11) is -2.18. The Morgan fingerprint density at radius 1 is 1.17 bits per heavy atom. The molecule has 0 spiro atoms. The van der Waals surface area contributed by atoms with E-state index in [4.69, 9.17) is 4.74 Å². The lowest BCUT2D eigenvalue weighted by atomic mass is 10.1. The first-order chi connectivity index (χ1) is 11.5. The Morgan fingerprint density at radius 2 is 1.88 bits per heavy atom. The van der Waals surface area contributed by atoms with E-state index in [0.717, 1.165) is 11.8 Å². The van der Waals surface area contributed by atoms with Gasteiger partial charge in [0.2, 0.25) is 0 Å². The topological polar surface area (TPSA) is 84.8 Å². The fourth-order valence-corrected chi connectivity index (χ4v) is 4.28. The van der Waals surface area contributed by atoms with Crippen LogP contribution in [0.25, 0.3) is 0 Å². The maximum atomic E-state index is 12.2. The monoisotopic (exact) mass is 362 g/mol. The second-order valence-corrected chi connectivity index (χ2v) is 7.47. The van der Waals surface area contributed by atoms with Crippen LogP contribution in [0.2, 0.25) is 0 Å². The van der Waals surface area contributed by atoms with Gasteiger partial charge in [-0.25, -0.2) is 0 Å². The van der Waals surface area contributed by atoms with Crippen LogP contribution >= 0.6 is 11.8 Å². The van der Waals surface area contributed by atoms with E-state index in [0.29, 0.717) is 17.0 Å². The summed E-state index contributed by atoms with van der Waals surface area (Å²) in [6.45, 7) is 0. The van der Waals surface area contributed by atoms with E-state index in [2.05, 4.69) is 9.71 Å². The number of carbonyl (C=O) groups is 1. The van der Waals surface area contributed by atoms with E-state index in [-0.39, 0.29) is 21.6 Å². The number of carbonyl (C=O) groups excluding carboxylic acids is 1. The van der Waals surface area contributed by atoms with Gasteiger partial charge in [-0.15, -0.1) is 4.40 Å². The minimum absolute atomic E-state index is 0.0792. The maximum absolute atomic E-state index is 12.2. The molecule has 0 saturated heterocycles. The molecule has 1 heterocycles. The smallest absolute Gasteiger partial charge is 0.286 e. The number of para-hydroxylation sites is 1. The number of nitrogens with zero attached hydrogens (tertiary/aromatic N) is 1. The second kappa shape index (κ2) is 6.66. The van der Waals surface area contributed by atoms with Crippen LogP contribution in [0.3, 0.4) is 0 Å². The summed E-state index contributed by atoms with van der Waals surface area (Å²) in [6.07, 6.45) is 0. The third kappa shape index (κ3) is 3.44. The largest absolute Gasteiger partial charge is 0.497 e. The first kappa shape index (κ1) is 16.5. The molecule has 0 unspecified atom stereocenters. The average Bonchev–Trinajstić information content (AvgIpc) is 2.59. The number of ketones is 1. The first-order valence-electron chi connectivity index (χ1n) is 7.01. The van der Waals surface area contributed by atoms with Crippen LogP contribution in [-0.2, 0) is 10.0 Å². The number of benzene rings is 2. The SMILES string of the molecule is COc1ccc(C(=O)CSC2=NS(=O)(=O)c3ccccc3N2)cc1. The molecule has 2 aromatic rings. The van der Waals surface area contributed by atoms with Gasteiger partial charge < -0.3 is 10.1 Å². The lowest BCUT2D eigenvalue weighted by molar-refractivity contribution is 0.102. The number of amidine groups is 1. The van der Waals surface area contributed by atoms with Gasteiger partial charge in [0.1, 0.15) is 10.6 Å². The Bertz CT molecular complexity index is 906. The van der Waals surface area contributed by atoms with Gasteiger partial charge in [-0.1, -0.05) is 23.9 Å². The Morgan fingerprint density at radius 3 is 2.58 bits per heavy atom. The van der Waals surface area contributed by atoms with Crippen molar-refractivity contribution in [2.75, 3.05) is 18.2 Å². The van der Waals surface area contributed by atoms with Gasteiger partial charge in [0.15, 0.2) is 11.0 Å². The molecule has 1 N–H and O–H groups in total. The predicted octanol–water partition coefficient (Wildman–Crippen LogP) is 2.78. The molecule has 0 amide bonds. The van der Waals surface area contributed by atoms with E-state index < -0.39 is 10.0 Å². The lowest BCUT2D eigenvalue weighted by Crippen LogP contribution is -2.20. The molecule has 0 radical (unpaired) electrons. The van der Waals surface area contributed by atoms with Crippen molar-refractivity contribution in [3.63, 3.8) is 0 Å². The van der Waals surface area contributed by atoms with Gasteiger partial charge in [-0.05, 0) is 36.4 Å². The van der Waals surface area contributed by atoms with Crippen LogP contribution in [0.4, 0.5) is 5.69 Å². The van der Waals surface area contributed by atoms with E-state index in [1.165, 1.54) is 6.07 Å². The summed E-state index contributed by atoms with van der Waals surface area (Å²) in [5.74, 6) is 0.624. The highest BCUT2D eigenvalue weighted by Gasteiger charge is 2.24. The molecule has 0 fully saturated rings. The molecule has 124 valence electrons. The van der Waals surface area contributed by atoms with Crippen LogP contribution < -0.4 is 10.1 Å². The van der Waals surface area contributed by atoms with Crippen LogP contribution in [0.5, 0.6) is 5.75 Å². The molecule has 0 aliphatic carbocycles. The van der Waals surface area contributed by atoms with Crippen LogP contribution in [0, 0.1) is 0 Å².